The molecule has 150 valence electrons. The van der Waals surface area contributed by atoms with Gasteiger partial charge >= 0.3 is 0 Å². The number of imidazole rings is 1. The topological polar surface area (TPSA) is 66.6 Å². The maximum absolute atomic E-state index is 14.7. The molecule has 0 atom stereocenters. The van der Waals surface area contributed by atoms with Crippen LogP contribution in [0.1, 0.15) is 17.0 Å². The number of halogens is 3. The highest BCUT2D eigenvalue weighted by molar-refractivity contribution is 9.10. The van der Waals surface area contributed by atoms with Gasteiger partial charge in [0.1, 0.15) is 23.9 Å². The molecule has 3 heterocycles. The first-order chi connectivity index (χ1) is 14.6. The number of fused-ring (bicyclic) bond motifs is 2. The average Bonchev–Trinajstić information content (AvgIpc) is 3.33. The van der Waals surface area contributed by atoms with Gasteiger partial charge in [-0.3, -0.25) is 0 Å². The van der Waals surface area contributed by atoms with Crippen molar-refractivity contribution < 1.29 is 13.5 Å². The summed E-state index contributed by atoms with van der Waals surface area (Å²) in [5, 5.41) is 0.856. The van der Waals surface area contributed by atoms with Crippen molar-refractivity contribution in [1.29, 1.82) is 0 Å². The molecule has 0 saturated heterocycles. The van der Waals surface area contributed by atoms with Crippen LogP contribution in [0, 0.1) is 11.6 Å². The number of ether oxygens (including phenoxy) is 1. The monoisotopic (exact) mass is 468 g/mol. The molecular formula is C22H15BrF2N4O. The van der Waals surface area contributed by atoms with E-state index in [4.69, 9.17) is 4.74 Å². The molecule has 0 fully saturated rings. The summed E-state index contributed by atoms with van der Waals surface area (Å²) in [7, 11) is 0. The van der Waals surface area contributed by atoms with E-state index < -0.39 is 11.6 Å². The van der Waals surface area contributed by atoms with E-state index in [1.165, 1.54) is 6.07 Å². The third-order valence-corrected chi connectivity index (χ3v) is 5.30. The molecule has 2 aromatic carbocycles. The molecule has 0 bridgehead atoms. The number of hydrogen-bond donors (Lipinski definition) is 2. The molecule has 5 nitrogen and oxygen atoms in total. The molecule has 0 saturated carbocycles. The number of benzene rings is 2. The highest BCUT2D eigenvalue weighted by Gasteiger charge is 2.15. The van der Waals surface area contributed by atoms with Crippen LogP contribution in [0.4, 0.5) is 8.78 Å². The fourth-order valence-corrected chi connectivity index (χ4v) is 3.75. The minimum absolute atomic E-state index is 0.00648. The van der Waals surface area contributed by atoms with Crippen molar-refractivity contribution in [2.45, 2.75) is 13.0 Å². The first kappa shape index (κ1) is 18.7. The van der Waals surface area contributed by atoms with Crippen LogP contribution in [0.2, 0.25) is 0 Å². The normalized spacial score (nSPS) is 11.4. The van der Waals surface area contributed by atoms with Crippen molar-refractivity contribution in [3.05, 3.63) is 87.9 Å². The molecular weight excluding hydrogens is 454 g/mol. The molecule has 0 amide bonds. The fraction of sp³-hybridized carbons (Fsp3) is 0.0909. The molecule has 0 aliphatic rings. The van der Waals surface area contributed by atoms with Crippen molar-refractivity contribution in [1.82, 2.24) is 19.9 Å². The summed E-state index contributed by atoms with van der Waals surface area (Å²) in [4.78, 5) is 14.8. The van der Waals surface area contributed by atoms with Gasteiger partial charge in [-0.25, -0.2) is 18.7 Å². The summed E-state index contributed by atoms with van der Waals surface area (Å²) in [6.07, 6.45) is 3.66. The second-order valence-corrected chi connectivity index (χ2v) is 7.82. The van der Waals surface area contributed by atoms with Gasteiger partial charge in [0.05, 0.1) is 11.0 Å². The predicted molar refractivity (Wildman–Crippen MR) is 113 cm³/mol. The van der Waals surface area contributed by atoms with Crippen LogP contribution in [-0.4, -0.2) is 19.9 Å². The van der Waals surface area contributed by atoms with Crippen molar-refractivity contribution in [3.8, 4) is 5.75 Å². The van der Waals surface area contributed by atoms with Gasteiger partial charge in [0.25, 0.3) is 0 Å². The van der Waals surface area contributed by atoms with Gasteiger partial charge in [-0.05, 0) is 51.3 Å². The zero-order valence-corrected chi connectivity index (χ0v) is 17.1. The Morgan fingerprint density at radius 2 is 1.90 bits per heavy atom. The van der Waals surface area contributed by atoms with Crippen LogP contribution in [0.3, 0.4) is 0 Å². The molecule has 0 radical (unpaired) electrons. The molecule has 0 spiro atoms. The second-order valence-electron chi connectivity index (χ2n) is 6.90. The lowest BCUT2D eigenvalue weighted by Gasteiger charge is -2.09. The summed E-state index contributed by atoms with van der Waals surface area (Å²) in [5.74, 6) is -0.771. The second kappa shape index (κ2) is 7.53. The highest BCUT2D eigenvalue weighted by Crippen LogP contribution is 2.27. The molecule has 0 aliphatic carbocycles. The minimum Gasteiger partial charge on any atom is -0.483 e. The summed E-state index contributed by atoms with van der Waals surface area (Å²) in [6, 6.07) is 11.7. The number of rotatable bonds is 5. The molecule has 5 rings (SSSR count). The maximum atomic E-state index is 14.7. The Balaban J connectivity index is 1.37. The van der Waals surface area contributed by atoms with Crippen LogP contribution < -0.4 is 4.74 Å². The summed E-state index contributed by atoms with van der Waals surface area (Å²) in [6.45, 7) is 0.00648. The number of hydrogen-bond acceptors (Lipinski definition) is 3. The standard InChI is InChI=1S/C22H15BrF2N4O/c23-14-7-15-13(9-26-22(15)27-10-14)5-12-6-17(25)20(8-16(12)24)30-11-21-28-18-3-1-2-4-19(18)29-21/h1-4,6-10H,5,11H2,(H,26,27)(H,28,29). The molecule has 3 aromatic heterocycles. The highest BCUT2D eigenvalue weighted by atomic mass is 79.9. The number of aromatic amines is 2. The third kappa shape index (κ3) is 3.54. The number of pyridine rings is 1. The van der Waals surface area contributed by atoms with E-state index >= 15 is 0 Å². The van der Waals surface area contributed by atoms with Crippen molar-refractivity contribution in [2.75, 3.05) is 0 Å². The van der Waals surface area contributed by atoms with Gasteiger partial charge in [-0.15, -0.1) is 0 Å². The Morgan fingerprint density at radius 1 is 1.03 bits per heavy atom. The predicted octanol–water partition coefficient (Wildman–Crippen LogP) is 5.65. The fourth-order valence-electron chi connectivity index (χ4n) is 3.42. The largest absolute Gasteiger partial charge is 0.483 e. The molecule has 2 N–H and O–H groups in total. The van der Waals surface area contributed by atoms with Crippen LogP contribution in [-0.2, 0) is 13.0 Å². The van der Waals surface area contributed by atoms with E-state index in [0.717, 1.165) is 32.5 Å². The van der Waals surface area contributed by atoms with Crippen molar-refractivity contribution in [2.24, 2.45) is 0 Å². The van der Waals surface area contributed by atoms with Crippen molar-refractivity contribution >= 4 is 38.0 Å². The Morgan fingerprint density at radius 3 is 2.77 bits per heavy atom. The SMILES string of the molecule is Fc1cc(OCc2nc3ccccc3[nH]2)c(F)cc1Cc1c[nH]c2ncc(Br)cc12. The van der Waals surface area contributed by atoms with Crippen LogP contribution >= 0.6 is 15.9 Å². The quantitative estimate of drug-likeness (QED) is 0.350. The number of para-hydroxylation sites is 2. The minimum atomic E-state index is -0.623. The summed E-state index contributed by atoms with van der Waals surface area (Å²) < 4.78 is 35.6. The Labute approximate surface area is 178 Å². The molecule has 8 heteroatoms. The van der Waals surface area contributed by atoms with E-state index in [9.17, 15) is 8.78 Å². The average molecular weight is 469 g/mol. The van der Waals surface area contributed by atoms with E-state index in [0.29, 0.717) is 11.5 Å². The Kier molecular flexibility index (Phi) is 4.71. The molecule has 0 aliphatic heterocycles. The third-order valence-electron chi connectivity index (χ3n) is 4.87. The van der Waals surface area contributed by atoms with Crippen LogP contribution in [0.5, 0.6) is 5.75 Å². The van der Waals surface area contributed by atoms with Crippen LogP contribution in [0.25, 0.3) is 22.1 Å². The van der Waals surface area contributed by atoms with E-state index in [2.05, 4.69) is 35.9 Å². The van der Waals surface area contributed by atoms with Crippen molar-refractivity contribution in [3.63, 3.8) is 0 Å². The van der Waals surface area contributed by atoms with Crippen LogP contribution in [0.15, 0.2) is 59.3 Å². The molecule has 0 unspecified atom stereocenters. The van der Waals surface area contributed by atoms with Gasteiger partial charge in [-0.1, -0.05) is 12.1 Å². The smallest absolute Gasteiger partial charge is 0.165 e. The lowest BCUT2D eigenvalue weighted by atomic mass is 10.0. The van der Waals surface area contributed by atoms with Gasteiger partial charge in [0.15, 0.2) is 11.6 Å². The number of nitrogens with one attached hydrogen (secondary N) is 2. The number of H-pyrrole nitrogens is 2. The first-order valence-electron chi connectivity index (χ1n) is 9.22. The zero-order chi connectivity index (χ0) is 20.7. The molecule has 30 heavy (non-hydrogen) atoms. The first-order valence-corrected chi connectivity index (χ1v) is 10.0. The van der Waals surface area contributed by atoms with Gasteiger partial charge in [0, 0.05) is 34.7 Å². The lowest BCUT2D eigenvalue weighted by molar-refractivity contribution is 0.280. The number of nitrogens with zero attached hydrogens (tertiary/aromatic N) is 2. The van der Waals surface area contributed by atoms with Gasteiger partial charge < -0.3 is 14.7 Å². The lowest BCUT2D eigenvalue weighted by Crippen LogP contribution is -2.02. The van der Waals surface area contributed by atoms with E-state index in [1.54, 1.807) is 12.4 Å². The Bertz CT molecular complexity index is 1350. The maximum Gasteiger partial charge on any atom is 0.165 e. The molecule has 5 aromatic rings. The van der Waals surface area contributed by atoms with E-state index in [-0.39, 0.29) is 24.3 Å². The summed E-state index contributed by atoms with van der Waals surface area (Å²) in [5.41, 5.74) is 3.41. The Hall–Kier alpha value is -3.26. The number of aromatic nitrogens is 4. The van der Waals surface area contributed by atoms with Gasteiger partial charge in [0.2, 0.25) is 0 Å². The summed E-state index contributed by atoms with van der Waals surface area (Å²) >= 11 is 3.39. The van der Waals surface area contributed by atoms with E-state index in [1.807, 2.05) is 30.3 Å². The zero-order valence-electron chi connectivity index (χ0n) is 15.5. The van der Waals surface area contributed by atoms with Gasteiger partial charge in [-0.2, -0.15) is 0 Å².